The lowest BCUT2D eigenvalue weighted by Crippen LogP contribution is -2.27. The number of amides is 2. The van der Waals surface area contributed by atoms with Crippen molar-refractivity contribution in [2.24, 2.45) is 5.41 Å². The lowest BCUT2D eigenvalue weighted by molar-refractivity contribution is -0.123. The molecule has 3 rings (SSSR count). The average molecular weight is 426 g/mol. The van der Waals surface area contributed by atoms with Gasteiger partial charge in [0.15, 0.2) is 0 Å². The Labute approximate surface area is 183 Å². The minimum atomic E-state index is -0.480. The average Bonchev–Trinajstić information content (AvgIpc) is 3.24. The lowest BCUT2D eigenvalue weighted by Gasteiger charge is -2.18. The van der Waals surface area contributed by atoms with Gasteiger partial charge >= 0.3 is 0 Å². The molecule has 2 aromatic rings. The van der Waals surface area contributed by atoms with Crippen LogP contribution in [0, 0.1) is 5.41 Å². The summed E-state index contributed by atoms with van der Waals surface area (Å²) in [4.78, 5) is 24.5. The Morgan fingerprint density at radius 1 is 1.03 bits per heavy atom. The first-order chi connectivity index (χ1) is 14.8. The van der Waals surface area contributed by atoms with Gasteiger partial charge in [-0.1, -0.05) is 32.9 Å². The molecule has 2 aromatic carbocycles. The summed E-state index contributed by atoms with van der Waals surface area (Å²) in [6.07, 6.45) is 2.23. The summed E-state index contributed by atoms with van der Waals surface area (Å²) in [5, 5.41) is 8.83. The summed E-state index contributed by atoms with van der Waals surface area (Å²) in [7, 11) is 0. The van der Waals surface area contributed by atoms with E-state index in [-0.39, 0.29) is 24.5 Å². The van der Waals surface area contributed by atoms with E-state index in [9.17, 15) is 9.59 Å². The highest BCUT2D eigenvalue weighted by Crippen LogP contribution is 2.21. The Balaban J connectivity index is 1.48. The molecule has 1 atom stereocenters. The third-order valence-corrected chi connectivity index (χ3v) is 4.83. The Morgan fingerprint density at radius 3 is 2.45 bits per heavy atom. The largest absolute Gasteiger partial charge is 0.491 e. The van der Waals surface area contributed by atoms with Gasteiger partial charge in [-0.15, -0.1) is 0 Å². The molecule has 7 heteroatoms. The molecule has 31 heavy (non-hydrogen) atoms. The van der Waals surface area contributed by atoms with E-state index in [0.717, 1.165) is 25.1 Å². The zero-order chi connectivity index (χ0) is 22.3. The van der Waals surface area contributed by atoms with Crippen molar-refractivity contribution in [3.63, 3.8) is 0 Å². The van der Waals surface area contributed by atoms with Crippen LogP contribution >= 0.6 is 0 Å². The standard InChI is InChI=1S/C24H31N3O4/c1-24(2,3)23(29)27-18-8-4-7-17(13-18)25-15-22(28)26-19-9-5-10-20(14-19)31-16-21-11-6-12-30-21/h4-5,7-10,13-14,21,25H,6,11-12,15-16H2,1-3H3,(H,26,28)(H,27,29). The summed E-state index contributed by atoms with van der Waals surface area (Å²) < 4.78 is 11.3. The minimum absolute atomic E-state index is 0.0658. The number of anilines is 3. The number of hydrogen-bond acceptors (Lipinski definition) is 5. The maximum atomic E-state index is 12.4. The molecule has 1 unspecified atom stereocenters. The molecule has 2 amide bonds. The van der Waals surface area contributed by atoms with E-state index in [0.29, 0.717) is 23.7 Å². The van der Waals surface area contributed by atoms with Crippen molar-refractivity contribution in [2.45, 2.75) is 39.7 Å². The number of rotatable bonds is 8. The molecule has 1 fully saturated rings. The van der Waals surface area contributed by atoms with Gasteiger partial charge in [-0.3, -0.25) is 9.59 Å². The van der Waals surface area contributed by atoms with Crippen LogP contribution in [0.4, 0.5) is 17.1 Å². The zero-order valence-corrected chi connectivity index (χ0v) is 18.4. The predicted octanol–water partition coefficient (Wildman–Crippen LogP) is 4.28. The minimum Gasteiger partial charge on any atom is -0.491 e. The van der Waals surface area contributed by atoms with Crippen molar-refractivity contribution in [2.75, 3.05) is 35.7 Å². The summed E-state index contributed by atoms with van der Waals surface area (Å²) in [6.45, 7) is 6.98. The fourth-order valence-corrected chi connectivity index (χ4v) is 3.04. The molecule has 1 aliphatic rings. The van der Waals surface area contributed by atoms with Crippen LogP contribution in [0.5, 0.6) is 5.75 Å². The maximum absolute atomic E-state index is 12.4. The van der Waals surface area contributed by atoms with Gasteiger partial charge in [0.25, 0.3) is 0 Å². The van der Waals surface area contributed by atoms with Crippen LogP contribution in [0.2, 0.25) is 0 Å². The van der Waals surface area contributed by atoms with Crippen LogP contribution in [-0.4, -0.2) is 37.7 Å². The number of hydrogen-bond donors (Lipinski definition) is 3. The van der Waals surface area contributed by atoms with Crippen molar-refractivity contribution in [1.29, 1.82) is 0 Å². The lowest BCUT2D eigenvalue weighted by atomic mass is 9.95. The molecule has 0 aliphatic carbocycles. The molecule has 1 saturated heterocycles. The Bertz CT molecular complexity index is 902. The normalized spacial score (nSPS) is 15.9. The number of carbonyl (C=O) groups excluding carboxylic acids is 2. The molecule has 0 radical (unpaired) electrons. The molecule has 166 valence electrons. The molecule has 0 aromatic heterocycles. The predicted molar refractivity (Wildman–Crippen MR) is 123 cm³/mol. The van der Waals surface area contributed by atoms with Gasteiger partial charge in [0, 0.05) is 35.2 Å². The smallest absolute Gasteiger partial charge is 0.243 e. The number of nitrogens with one attached hydrogen (secondary N) is 3. The molecule has 0 saturated carbocycles. The first-order valence-electron chi connectivity index (χ1n) is 10.6. The maximum Gasteiger partial charge on any atom is 0.243 e. The van der Waals surface area contributed by atoms with Gasteiger partial charge in [0.2, 0.25) is 11.8 Å². The second-order valence-electron chi connectivity index (χ2n) is 8.66. The van der Waals surface area contributed by atoms with Crippen LogP contribution in [-0.2, 0) is 14.3 Å². The van der Waals surface area contributed by atoms with Crippen molar-refractivity contribution < 1.29 is 19.1 Å². The second-order valence-corrected chi connectivity index (χ2v) is 8.66. The molecular formula is C24H31N3O4. The first kappa shape index (κ1) is 22.6. The highest BCUT2D eigenvalue weighted by atomic mass is 16.5. The Hall–Kier alpha value is -3.06. The molecule has 0 spiro atoms. The van der Waals surface area contributed by atoms with Crippen molar-refractivity contribution in [3.05, 3.63) is 48.5 Å². The summed E-state index contributed by atoms with van der Waals surface area (Å²) in [5.74, 6) is 0.452. The van der Waals surface area contributed by atoms with E-state index in [1.165, 1.54) is 0 Å². The van der Waals surface area contributed by atoms with Gasteiger partial charge in [-0.25, -0.2) is 0 Å². The summed E-state index contributed by atoms with van der Waals surface area (Å²) in [5.41, 5.74) is 1.62. The third kappa shape index (κ3) is 7.29. The molecule has 7 nitrogen and oxygen atoms in total. The van der Waals surface area contributed by atoms with Crippen LogP contribution in [0.1, 0.15) is 33.6 Å². The van der Waals surface area contributed by atoms with Gasteiger partial charge in [-0.2, -0.15) is 0 Å². The van der Waals surface area contributed by atoms with Gasteiger partial charge in [-0.05, 0) is 43.2 Å². The van der Waals surface area contributed by atoms with E-state index < -0.39 is 5.41 Å². The number of carbonyl (C=O) groups is 2. The van der Waals surface area contributed by atoms with Crippen LogP contribution in [0.15, 0.2) is 48.5 Å². The van der Waals surface area contributed by atoms with Crippen molar-refractivity contribution in [3.8, 4) is 5.75 Å². The van der Waals surface area contributed by atoms with Gasteiger partial charge < -0.3 is 25.4 Å². The highest BCUT2D eigenvalue weighted by Gasteiger charge is 2.21. The SMILES string of the molecule is CC(C)(C)C(=O)Nc1cccc(NCC(=O)Nc2cccc(OCC3CCCO3)c2)c1. The second kappa shape index (κ2) is 10.3. The number of benzene rings is 2. The Morgan fingerprint density at radius 2 is 1.74 bits per heavy atom. The van der Waals surface area contributed by atoms with Crippen LogP contribution < -0.4 is 20.7 Å². The molecule has 3 N–H and O–H groups in total. The van der Waals surface area contributed by atoms with Gasteiger partial charge in [0.1, 0.15) is 12.4 Å². The van der Waals surface area contributed by atoms with E-state index >= 15 is 0 Å². The fraction of sp³-hybridized carbons (Fsp3) is 0.417. The fourth-order valence-electron chi connectivity index (χ4n) is 3.04. The highest BCUT2D eigenvalue weighted by molar-refractivity contribution is 5.95. The zero-order valence-electron chi connectivity index (χ0n) is 18.4. The summed E-state index contributed by atoms with van der Waals surface area (Å²) in [6, 6.07) is 14.6. The quantitative estimate of drug-likeness (QED) is 0.587. The van der Waals surface area contributed by atoms with Crippen LogP contribution in [0.3, 0.4) is 0 Å². The Kier molecular flexibility index (Phi) is 7.52. The molecular weight excluding hydrogens is 394 g/mol. The van der Waals surface area contributed by atoms with Gasteiger partial charge in [0.05, 0.1) is 12.6 Å². The van der Waals surface area contributed by atoms with E-state index in [1.54, 1.807) is 12.1 Å². The molecule has 1 aliphatic heterocycles. The summed E-state index contributed by atoms with van der Waals surface area (Å²) >= 11 is 0. The third-order valence-electron chi connectivity index (χ3n) is 4.83. The first-order valence-corrected chi connectivity index (χ1v) is 10.6. The molecule has 1 heterocycles. The molecule has 0 bridgehead atoms. The number of ether oxygens (including phenoxy) is 2. The monoisotopic (exact) mass is 425 g/mol. The van der Waals surface area contributed by atoms with E-state index in [4.69, 9.17) is 9.47 Å². The topological polar surface area (TPSA) is 88.7 Å². The van der Waals surface area contributed by atoms with E-state index in [2.05, 4.69) is 16.0 Å². The van der Waals surface area contributed by atoms with Crippen molar-refractivity contribution in [1.82, 2.24) is 0 Å². The van der Waals surface area contributed by atoms with E-state index in [1.807, 2.05) is 57.2 Å². The van der Waals surface area contributed by atoms with Crippen molar-refractivity contribution >= 4 is 28.9 Å². The van der Waals surface area contributed by atoms with Crippen LogP contribution in [0.25, 0.3) is 0 Å².